The van der Waals surface area contributed by atoms with Gasteiger partial charge in [0.15, 0.2) is 0 Å². The van der Waals surface area contributed by atoms with Gasteiger partial charge in [0.1, 0.15) is 5.60 Å². The van der Waals surface area contributed by atoms with Gasteiger partial charge in [-0.1, -0.05) is 54.6 Å². The van der Waals surface area contributed by atoms with Gasteiger partial charge >= 0.3 is 24.5 Å². The molecule has 1 aromatic heterocycles. The van der Waals surface area contributed by atoms with E-state index in [1.807, 2.05) is 36.4 Å². The van der Waals surface area contributed by atoms with Crippen molar-refractivity contribution < 1.29 is 40.7 Å². The first-order chi connectivity index (χ1) is 22.0. The summed E-state index contributed by atoms with van der Waals surface area (Å²) in [6, 6.07) is 18.0. The second-order valence-corrected chi connectivity index (χ2v) is 11.7. The third kappa shape index (κ3) is 10.5. The fourth-order valence-corrected chi connectivity index (χ4v) is 4.47. The van der Waals surface area contributed by atoms with Crippen molar-refractivity contribution in [3.63, 3.8) is 0 Å². The lowest BCUT2D eigenvalue weighted by molar-refractivity contribution is -0.143. The molecule has 0 saturated carbocycles. The molecule has 0 aliphatic carbocycles. The predicted octanol–water partition coefficient (Wildman–Crippen LogP) is 9.05. The highest BCUT2D eigenvalue weighted by molar-refractivity contribution is 5.89. The maximum Gasteiger partial charge on any atom is 0.416 e. The van der Waals surface area contributed by atoms with E-state index in [1.54, 1.807) is 45.0 Å². The molecule has 0 fully saturated rings. The van der Waals surface area contributed by atoms with Crippen molar-refractivity contribution in [3.05, 3.63) is 119 Å². The summed E-state index contributed by atoms with van der Waals surface area (Å²) in [4.78, 5) is 30.5. The number of nitrogens with zero attached hydrogens (tertiary/aromatic N) is 2. The molecule has 0 bridgehead atoms. The molecule has 47 heavy (non-hydrogen) atoms. The highest BCUT2D eigenvalue weighted by atomic mass is 19.4. The number of aromatic nitrogens is 1. The molecule has 0 saturated heterocycles. The molecule has 248 valence electrons. The fraction of sp³-hybridized carbons (Fsp3) is 0.265. The van der Waals surface area contributed by atoms with Crippen LogP contribution in [0.25, 0.3) is 11.1 Å². The van der Waals surface area contributed by atoms with Gasteiger partial charge in [-0.05, 0) is 72.9 Å². The van der Waals surface area contributed by atoms with Crippen LogP contribution in [0.3, 0.4) is 0 Å². The molecular formula is C34H32F6N4O3. The number of halogens is 6. The van der Waals surface area contributed by atoms with Gasteiger partial charge in [-0.15, -0.1) is 0 Å². The molecule has 3 aromatic carbocycles. The summed E-state index contributed by atoms with van der Waals surface area (Å²) in [5, 5.41) is 4.91. The van der Waals surface area contributed by atoms with E-state index < -0.39 is 46.9 Å². The molecule has 0 aliphatic heterocycles. The Morgan fingerprint density at radius 2 is 1.28 bits per heavy atom. The van der Waals surface area contributed by atoms with Crippen LogP contribution in [-0.2, 0) is 36.7 Å². The van der Waals surface area contributed by atoms with Gasteiger partial charge < -0.3 is 20.3 Å². The molecule has 1 heterocycles. The average molecular weight is 659 g/mol. The number of hydrogen-bond acceptors (Lipinski definition) is 4. The number of carbonyl (C=O) groups excluding carboxylic acids is 2. The molecule has 0 radical (unpaired) electrons. The number of urea groups is 1. The first-order valence-electron chi connectivity index (χ1n) is 14.4. The fourth-order valence-electron chi connectivity index (χ4n) is 4.47. The predicted molar refractivity (Wildman–Crippen MR) is 164 cm³/mol. The third-order valence-corrected chi connectivity index (χ3v) is 6.67. The lowest BCUT2D eigenvalue weighted by Gasteiger charge is -2.24. The zero-order valence-electron chi connectivity index (χ0n) is 25.7. The SMILES string of the molecule is CC(C)(C)OC(=O)NCc1ccc(-c2ccc(CN(Cc3cccnc3)C(=O)Nc3cc(C(F)(F)F)cc(C(F)(F)F)c3)cc2)cc1. The van der Waals surface area contributed by atoms with Crippen LogP contribution in [0.15, 0.2) is 91.3 Å². The number of anilines is 1. The van der Waals surface area contributed by atoms with E-state index in [4.69, 9.17) is 4.74 Å². The van der Waals surface area contributed by atoms with Gasteiger partial charge in [0.2, 0.25) is 0 Å². The molecule has 4 aromatic rings. The quantitative estimate of drug-likeness (QED) is 0.185. The van der Waals surface area contributed by atoms with Crippen LogP contribution in [0.4, 0.5) is 41.6 Å². The molecule has 0 unspecified atom stereocenters. The van der Waals surface area contributed by atoms with Crippen molar-refractivity contribution in [3.8, 4) is 11.1 Å². The summed E-state index contributed by atoms with van der Waals surface area (Å²) in [7, 11) is 0. The Labute approximate surface area is 267 Å². The number of pyridine rings is 1. The lowest BCUT2D eigenvalue weighted by Crippen LogP contribution is -2.34. The number of carbonyl (C=O) groups is 2. The molecular weight excluding hydrogens is 626 g/mol. The molecule has 13 heteroatoms. The van der Waals surface area contributed by atoms with E-state index in [9.17, 15) is 35.9 Å². The minimum atomic E-state index is -5.06. The molecule has 0 atom stereocenters. The Balaban J connectivity index is 1.50. The number of alkyl halides is 6. The van der Waals surface area contributed by atoms with Crippen molar-refractivity contribution in [2.75, 3.05) is 5.32 Å². The van der Waals surface area contributed by atoms with Gasteiger partial charge in [-0.25, -0.2) is 9.59 Å². The Hall–Kier alpha value is -5.07. The minimum Gasteiger partial charge on any atom is -0.444 e. The van der Waals surface area contributed by atoms with Gasteiger partial charge in [-0.3, -0.25) is 4.98 Å². The zero-order valence-corrected chi connectivity index (χ0v) is 25.7. The first-order valence-corrected chi connectivity index (χ1v) is 14.4. The summed E-state index contributed by atoms with van der Waals surface area (Å²) in [5.41, 5.74) is -0.479. The number of amides is 3. The van der Waals surface area contributed by atoms with Crippen LogP contribution in [0.2, 0.25) is 0 Å². The standard InChI is InChI=1S/C34H32F6N4O3/c1-32(2,3)47-31(46)42-19-22-6-10-25(11-7-22)26-12-8-23(9-13-26)20-44(21-24-5-4-14-41-18-24)30(45)43-29-16-27(33(35,36)37)15-28(17-29)34(38,39)40/h4-18H,19-21H2,1-3H3,(H,42,46)(H,43,45). The Morgan fingerprint density at radius 3 is 1.77 bits per heavy atom. The molecule has 7 nitrogen and oxygen atoms in total. The minimum absolute atomic E-state index is 0.000874. The highest BCUT2D eigenvalue weighted by Crippen LogP contribution is 2.37. The Kier molecular flexibility index (Phi) is 10.5. The van der Waals surface area contributed by atoms with Crippen LogP contribution < -0.4 is 10.6 Å². The summed E-state index contributed by atoms with van der Waals surface area (Å²) in [6.45, 7) is 5.57. The number of nitrogens with one attached hydrogen (secondary N) is 2. The number of hydrogen-bond donors (Lipinski definition) is 2. The van der Waals surface area contributed by atoms with Crippen LogP contribution >= 0.6 is 0 Å². The smallest absolute Gasteiger partial charge is 0.416 e. The van der Waals surface area contributed by atoms with Crippen molar-refractivity contribution >= 4 is 17.8 Å². The largest absolute Gasteiger partial charge is 0.444 e. The van der Waals surface area contributed by atoms with Crippen molar-refractivity contribution in [2.24, 2.45) is 0 Å². The Morgan fingerprint density at radius 1 is 0.745 bits per heavy atom. The normalized spacial score (nSPS) is 11.9. The van der Waals surface area contributed by atoms with E-state index in [0.717, 1.165) is 16.7 Å². The molecule has 4 rings (SSSR count). The van der Waals surface area contributed by atoms with Crippen molar-refractivity contribution in [1.82, 2.24) is 15.2 Å². The second-order valence-electron chi connectivity index (χ2n) is 11.7. The molecule has 2 N–H and O–H groups in total. The maximum absolute atomic E-state index is 13.4. The topological polar surface area (TPSA) is 83.6 Å². The summed E-state index contributed by atoms with van der Waals surface area (Å²) in [6.07, 6.45) is -7.62. The van der Waals surface area contributed by atoms with Crippen LogP contribution in [-0.4, -0.2) is 27.6 Å². The van der Waals surface area contributed by atoms with Crippen LogP contribution in [0, 0.1) is 0 Å². The maximum atomic E-state index is 13.4. The van der Waals surface area contributed by atoms with Gasteiger partial charge in [-0.2, -0.15) is 26.3 Å². The van der Waals surface area contributed by atoms with E-state index in [1.165, 1.54) is 17.3 Å². The third-order valence-electron chi connectivity index (χ3n) is 6.67. The van der Waals surface area contributed by atoms with Crippen molar-refractivity contribution in [2.45, 2.75) is 58.4 Å². The molecule has 3 amide bonds. The molecule has 0 aliphatic rings. The van der Waals surface area contributed by atoms with Crippen LogP contribution in [0.1, 0.15) is 48.6 Å². The highest BCUT2D eigenvalue weighted by Gasteiger charge is 2.37. The van der Waals surface area contributed by atoms with Gasteiger partial charge in [0.25, 0.3) is 0 Å². The Bertz CT molecular complexity index is 1640. The van der Waals surface area contributed by atoms with E-state index in [0.29, 0.717) is 23.3 Å². The van der Waals surface area contributed by atoms with E-state index in [-0.39, 0.29) is 25.7 Å². The van der Waals surface area contributed by atoms with E-state index in [2.05, 4.69) is 15.6 Å². The number of ether oxygens (including phenoxy) is 1. The van der Waals surface area contributed by atoms with Gasteiger partial charge in [0, 0.05) is 37.7 Å². The van der Waals surface area contributed by atoms with Crippen LogP contribution in [0.5, 0.6) is 0 Å². The number of alkyl carbamates (subject to hydrolysis) is 1. The summed E-state index contributed by atoms with van der Waals surface area (Å²) >= 11 is 0. The van der Waals surface area contributed by atoms with E-state index >= 15 is 0 Å². The van der Waals surface area contributed by atoms with Gasteiger partial charge in [0.05, 0.1) is 11.1 Å². The number of benzene rings is 3. The first kappa shape index (κ1) is 34.8. The lowest BCUT2D eigenvalue weighted by atomic mass is 10.0. The number of rotatable bonds is 8. The average Bonchev–Trinajstić information content (AvgIpc) is 2.99. The summed E-state index contributed by atoms with van der Waals surface area (Å²) in [5.74, 6) is 0. The van der Waals surface area contributed by atoms with Crippen molar-refractivity contribution in [1.29, 1.82) is 0 Å². The zero-order chi connectivity index (χ0) is 34.4. The summed E-state index contributed by atoms with van der Waals surface area (Å²) < 4.78 is 85.5. The monoisotopic (exact) mass is 658 g/mol. The second kappa shape index (κ2) is 14.1. The molecule has 0 spiro atoms.